The molecule has 1 unspecified atom stereocenters. The molecule has 0 radical (unpaired) electrons. The van der Waals surface area contributed by atoms with E-state index in [4.69, 9.17) is 17.3 Å². The Bertz CT molecular complexity index is 481. The normalized spacial score (nSPS) is 23.1. The Balaban J connectivity index is 1.61. The molecule has 2 aliphatic rings. The summed E-state index contributed by atoms with van der Waals surface area (Å²) in [5, 5.41) is 0.815. The molecule has 116 valence electrons. The third-order valence-electron chi connectivity index (χ3n) is 5.08. The molecule has 1 heterocycles. The van der Waals surface area contributed by atoms with Crippen molar-refractivity contribution in [2.45, 2.75) is 31.7 Å². The van der Waals surface area contributed by atoms with E-state index in [0.29, 0.717) is 0 Å². The van der Waals surface area contributed by atoms with Crippen LogP contribution in [-0.4, -0.2) is 43.2 Å². The summed E-state index contributed by atoms with van der Waals surface area (Å²) in [5.41, 5.74) is 7.52. The topological polar surface area (TPSA) is 32.5 Å². The molecule has 0 spiro atoms. The quantitative estimate of drug-likeness (QED) is 0.907. The molecular weight excluding hydrogens is 282 g/mol. The standard InChI is InChI=1S/C17H26ClN3/c1-17(13-19,12-14-5-6-14)21-9-7-20(8-10-21)16-4-2-3-15(18)11-16/h2-4,11,14H,5-10,12-13,19H2,1H3. The molecule has 0 bridgehead atoms. The molecule has 2 fully saturated rings. The van der Waals surface area contributed by atoms with Crippen LogP contribution in [0.5, 0.6) is 0 Å². The molecule has 1 aromatic rings. The van der Waals surface area contributed by atoms with Crippen molar-refractivity contribution >= 4 is 17.3 Å². The molecule has 3 rings (SSSR count). The summed E-state index contributed by atoms with van der Waals surface area (Å²) < 4.78 is 0. The van der Waals surface area contributed by atoms with Gasteiger partial charge in [-0.1, -0.05) is 30.5 Å². The zero-order valence-corrected chi connectivity index (χ0v) is 13.6. The van der Waals surface area contributed by atoms with E-state index in [9.17, 15) is 0 Å². The summed E-state index contributed by atoms with van der Waals surface area (Å²) >= 11 is 6.10. The van der Waals surface area contributed by atoms with Gasteiger partial charge in [0.05, 0.1) is 0 Å². The summed E-state index contributed by atoms with van der Waals surface area (Å²) in [7, 11) is 0. The minimum atomic E-state index is 0.182. The van der Waals surface area contributed by atoms with Crippen molar-refractivity contribution in [1.29, 1.82) is 0 Å². The van der Waals surface area contributed by atoms with E-state index in [-0.39, 0.29) is 5.54 Å². The first-order valence-corrected chi connectivity index (χ1v) is 8.44. The summed E-state index contributed by atoms with van der Waals surface area (Å²) in [6, 6.07) is 8.17. The molecule has 3 nitrogen and oxygen atoms in total. The van der Waals surface area contributed by atoms with E-state index in [1.165, 1.54) is 24.9 Å². The lowest BCUT2D eigenvalue weighted by Gasteiger charge is -2.46. The van der Waals surface area contributed by atoms with Crippen molar-refractivity contribution in [3.05, 3.63) is 29.3 Å². The van der Waals surface area contributed by atoms with E-state index in [0.717, 1.165) is 43.7 Å². The Hall–Kier alpha value is -0.770. The highest BCUT2D eigenvalue weighted by Crippen LogP contribution is 2.39. The number of hydrogen-bond acceptors (Lipinski definition) is 3. The number of rotatable bonds is 5. The molecule has 1 aromatic carbocycles. The van der Waals surface area contributed by atoms with Gasteiger partial charge in [0.25, 0.3) is 0 Å². The zero-order chi connectivity index (χ0) is 14.9. The third kappa shape index (κ3) is 3.53. The van der Waals surface area contributed by atoms with E-state index >= 15 is 0 Å². The lowest BCUT2D eigenvalue weighted by atomic mass is 9.91. The predicted octanol–water partition coefficient (Wildman–Crippen LogP) is 2.98. The summed E-state index contributed by atoms with van der Waals surface area (Å²) in [6.45, 7) is 7.40. The Morgan fingerprint density at radius 3 is 2.52 bits per heavy atom. The van der Waals surface area contributed by atoms with Crippen molar-refractivity contribution in [1.82, 2.24) is 4.90 Å². The SMILES string of the molecule is CC(CN)(CC1CC1)N1CCN(c2cccc(Cl)c2)CC1. The van der Waals surface area contributed by atoms with Crippen molar-refractivity contribution in [3.63, 3.8) is 0 Å². The van der Waals surface area contributed by atoms with Crippen LogP contribution < -0.4 is 10.6 Å². The minimum Gasteiger partial charge on any atom is -0.369 e. The number of nitrogens with two attached hydrogens (primary N) is 1. The van der Waals surface area contributed by atoms with Gasteiger partial charge >= 0.3 is 0 Å². The lowest BCUT2D eigenvalue weighted by molar-refractivity contribution is 0.0890. The lowest BCUT2D eigenvalue weighted by Crippen LogP contribution is -2.59. The second-order valence-corrected chi connectivity index (χ2v) is 7.24. The average Bonchev–Trinajstić information content (AvgIpc) is 3.31. The summed E-state index contributed by atoms with van der Waals surface area (Å²) in [4.78, 5) is 5.03. The smallest absolute Gasteiger partial charge is 0.0426 e. The molecular formula is C17H26ClN3. The van der Waals surface area contributed by atoms with E-state index < -0.39 is 0 Å². The van der Waals surface area contributed by atoms with Crippen molar-refractivity contribution in [2.24, 2.45) is 11.7 Å². The molecule has 0 amide bonds. The van der Waals surface area contributed by atoms with Gasteiger partial charge in [-0.15, -0.1) is 0 Å². The number of nitrogens with zero attached hydrogens (tertiary/aromatic N) is 2. The fourth-order valence-electron chi connectivity index (χ4n) is 3.46. The molecule has 1 atom stereocenters. The van der Waals surface area contributed by atoms with E-state index in [1.807, 2.05) is 12.1 Å². The van der Waals surface area contributed by atoms with Gasteiger partial charge in [-0.2, -0.15) is 0 Å². The van der Waals surface area contributed by atoms with Gasteiger partial charge in [0.15, 0.2) is 0 Å². The predicted molar refractivity (Wildman–Crippen MR) is 90.0 cm³/mol. The zero-order valence-electron chi connectivity index (χ0n) is 12.9. The number of anilines is 1. The van der Waals surface area contributed by atoms with E-state index in [1.54, 1.807) is 0 Å². The van der Waals surface area contributed by atoms with Crippen LogP contribution in [0.25, 0.3) is 0 Å². The van der Waals surface area contributed by atoms with Crippen LogP contribution in [-0.2, 0) is 0 Å². The van der Waals surface area contributed by atoms with E-state index in [2.05, 4.69) is 28.9 Å². The fraction of sp³-hybridized carbons (Fsp3) is 0.647. The first-order valence-electron chi connectivity index (χ1n) is 8.06. The summed E-state index contributed by atoms with van der Waals surface area (Å²) in [6.07, 6.45) is 4.07. The molecule has 2 N–H and O–H groups in total. The first kappa shape index (κ1) is 15.1. The maximum absolute atomic E-state index is 6.11. The molecule has 0 aromatic heterocycles. The highest BCUT2D eigenvalue weighted by molar-refractivity contribution is 6.30. The van der Waals surface area contributed by atoms with Crippen LogP contribution in [0.1, 0.15) is 26.2 Å². The highest BCUT2D eigenvalue weighted by atomic mass is 35.5. The van der Waals surface area contributed by atoms with Crippen LogP contribution in [0, 0.1) is 5.92 Å². The second kappa shape index (κ2) is 6.15. The third-order valence-corrected chi connectivity index (χ3v) is 5.32. The maximum atomic E-state index is 6.11. The average molecular weight is 308 g/mol. The van der Waals surface area contributed by atoms with Crippen LogP contribution in [0.2, 0.25) is 5.02 Å². The minimum absolute atomic E-state index is 0.182. The van der Waals surface area contributed by atoms with Crippen LogP contribution in [0.4, 0.5) is 5.69 Å². The monoisotopic (exact) mass is 307 g/mol. The Labute approximate surface area is 133 Å². The van der Waals surface area contributed by atoms with Crippen molar-refractivity contribution in [2.75, 3.05) is 37.6 Å². The highest BCUT2D eigenvalue weighted by Gasteiger charge is 2.38. The second-order valence-electron chi connectivity index (χ2n) is 6.80. The summed E-state index contributed by atoms with van der Waals surface area (Å²) in [5.74, 6) is 0.921. The van der Waals surface area contributed by atoms with Crippen molar-refractivity contribution in [3.8, 4) is 0 Å². The molecule has 1 aliphatic carbocycles. The Kier molecular flexibility index (Phi) is 4.43. The van der Waals surface area contributed by atoms with Crippen LogP contribution in [0.15, 0.2) is 24.3 Å². The molecule has 1 saturated heterocycles. The number of benzene rings is 1. The largest absolute Gasteiger partial charge is 0.369 e. The van der Waals surface area contributed by atoms with Crippen LogP contribution >= 0.6 is 11.6 Å². The molecule has 1 aliphatic heterocycles. The van der Waals surface area contributed by atoms with Gasteiger partial charge in [-0.3, -0.25) is 4.90 Å². The molecule has 4 heteroatoms. The molecule has 1 saturated carbocycles. The van der Waals surface area contributed by atoms with Crippen LogP contribution in [0.3, 0.4) is 0 Å². The van der Waals surface area contributed by atoms with Gasteiger partial charge in [-0.25, -0.2) is 0 Å². The van der Waals surface area contributed by atoms with Gasteiger partial charge in [0, 0.05) is 49.0 Å². The van der Waals surface area contributed by atoms with Gasteiger partial charge in [0.2, 0.25) is 0 Å². The Morgan fingerprint density at radius 1 is 1.24 bits per heavy atom. The number of piperazine rings is 1. The van der Waals surface area contributed by atoms with Crippen molar-refractivity contribution < 1.29 is 0 Å². The number of halogens is 1. The van der Waals surface area contributed by atoms with Gasteiger partial charge in [-0.05, 0) is 37.5 Å². The van der Waals surface area contributed by atoms with Gasteiger partial charge in [0.1, 0.15) is 0 Å². The number of hydrogen-bond donors (Lipinski definition) is 1. The maximum Gasteiger partial charge on any atom is 0.0426 e. The Morgan fingerprint density at radius 2 is 1.95 bits per heavy atom. The molecule has 21 heavy (non-hydrogen) atoms. The first-order chi connectivity index (χ1) is 10.1. The fourth-order valence-corrected chi connectivity index (χ4v) is 3.65. The van der Waals surface area contributed by atoms with Gasteiger partial charge < -0.3 is 10.6 Å².